The fourth-order valence-corrected chi connectivity index (χ4v) is 1.35. The van der Waals surface area contributed by atoms with Crippen molar-refractivity contribution in [3.8, 4) is 0 Å². The van der Waals surface area contributed by atoms with E-state index < -0.39 is 5.97 Å². The Hall–Kier alpha value is 0.0674. The van der Waals surface area contributed by atoms with Crippen LogP contribution in [0.3, 0.4) is 0 Å². The molecule has 0 aromatic rings. The molecule has 0 atom stereocenters. The van der Waals surface area contributed by atoms with Gasteiger partial charge in [0.15, 0.2) is 0 Å². The van der Waals surface area contributed by atoms with E-state index in [1.807, 2.05) is 0 Å². The molecule has 1 N–H and O–H groups in total. The molecule has 0 aliphatic heterocycles. The number of carboxylic acids is 1. The third-order valence-electron chi connectivity index (χ3n) is 1.95. The molecule has 0 unspecified atom stereocenters. The Kier molecular flexibility index (Phi) is 4.85. The van der Waals surface area contributed by atoms with Crippen LogP contribution in [-0.4, -0.2) is 29.9 Å². The standard InChI is InChI=1S/C7H12O2.Li.H/c8-7(9)6-4-2-1-3-5-6;;/h6H,1-5H2,(H,8,9);;. The summed E-state index contributed by atoms with van der Waals surface area (Å²) >= 11 is 0. The summed E-state index contributed by atoms with van der Waals surface area (Å²) in [5, 5.41) is 8.54. The summed E-state index contributed by atoms with van der Waals surface area (Å²) in [6, 6.07) is 0. The summed E-state index contributed by atoms with van der Waals surface area (Å²) in [6.45, 7) is 0. The Bertz CT molecular complexity index is 108. The van der Waals surface area contributed by atoms with Gasteiger partial charge in [-0.1, -0.05) is 19.3 Å². The number of carboxylic acid groups (broad SMARTS) is 1. The molecule has 1 rings (SSSR count). The van der Waals surface area contributed by atoms with Gasteiger partial charge in [0, 0.05) is 0 Å². The topological polar surface area (TPSA) is 37.3 Å². The summed E-state index contributed by atoms with van der Waals surface area (Å²) in [7, 11) is 0. The number of hydrogen-bond donors (Lipinski definition) is 1. The predicted octanol–water partition coefficient (Wildman–Crippen LogP) is 1.00. The van der Waals surface area contributed by atoms with Crippen LogP contribution in [0.2, 0.25) is 0 Å². The normalized spacial score (nSPS) is 19.6. The second-order valence-electron chi connectivity index (χ2n) is 2.67. The maximum absolute atomic E-state index is 10.4. The Labute approximate surface area is 73.2 Å². The number of aliphatic carboxylic acids is 1. The molecule has 1 saturated carbocycles. The molecule has 10 heavy (non-hydrogen) atoms. The van der Waals surface area contributed by atoms with Crippen LogP contribution in [0.1, 0.15) is 32.1 Å². The zero-order valence-electron chi connectivity index (χ0n) is 5.47. The Morgan fingerprint density at radius 3 is 2.00 bits per heavy atom. The second kappa shape index (κ2) is 4.82. The average molecular weight is 136 g/mol. The molecule has 0 amide bonds. The molecule has 0 saturated heterocycles. The first-order valence-electron chi connectivity index (χ1n) is 3.53. The van der Waals surface area contributed by atoms with E-state index in [0.717, 1.165) is 25.7 Å². The van der Waals surface area contributed by atoms with Gasteiger partial charge >= 0.3 is 24.8 Å². The van der Waals surface area contributed by atoms with Gasteiger partial charge in [-0.3, -0.25) is 4.79 Å². The first-order chi connectivity index (χ1) is 4.30. The van der Waals surface area contributed by atoms with Crippen molar-refractivity contribution in [1.29, 1.82) is 0 Å². The van der Waals surface area contributed by atoms with Crippen LogP contribution in [-0.2, 0) is 4.79 Å². The number of hydrogen-bond acceptors (Lipinski definition) is 1. The van der Waals surface area contributed by atoms with E-state index >= 15 is 0 Å². The van der Waals surface area contributed by atoms with E-state index in [1.54, 1.807) is 0 Å². The van der Waals surface area contributed by atoms with Crippen molar-refractivity contribution in [2.75, 3.05) is 0 Å². The van der Waals surface area contributed by atoms with E-state index in [9.17, 15) is 4.79 Å². The van der Waals surface area contributed by atoms with Crippen LogP contribution >= 0.6 is 0 Å². The fraction of sp³-hybridized carbons (Fsp3) is 0.857. The van der Waals surface area contributed by atoms with Gasteiger partial charge in [-0.2, -0.15) is 0 Å². The molecule has 0 spiro atoms. The van der Waals surface area contributed by atoms with Crippen molar-refractivity contribution >= 4 is 24.8 Å². The van der Waals surface area contributed by atoms with E-state index in [2.05, 4.69) is 0 Å². The molecule has 0 heterocycles. The molecule has 1 aliphatic rings. The molecular weight excluding hydrogens is 123 g/mol. The summed E-state index contributed by atoms with van der Waals surface area (Å²) in [4.78, 5) is 10.4. The van der Waals surface area contributed by atoms with Crippen molar-refractivity contribution in [1.82, 2.24) is 0 Å². The molecule has 0 aromatic heterocycles. The Morgan fingerprint density at radius 2 is 1.70 bits per heavy atom. The molecule has 54 valence electrons. The van der Waals surface area contributed by atoms with E-state index in [1.165, 1.54) is 6.42 Å². The molecule has 0 bridgehead atoms. The minimum absolute atomic E-state index is 0. The van der Waals surface area contributed by atoms with Crippen molar-refractivity contribution < 1.29 is 9.90 Å². The van der Waals surface area contributed by atoms with Gasteiger partial charge in [0.1, 0.15) is 0 Å². The molecule has 2 nitrogen and oxygen atoms in total. The molecule has 0 radical (unpaired) electrons. The van der Waals surface area contributed by atoms with Crippen molar-refractivity contribution in [2.24, 2.45) is 5.92 Å². The van der Waals surface area contributed by atoms with Crippen LogP contribution < -0.4 is 0 Å². The van der Waals surface area contributed by atoms with Crippen LogP contribution in [0, 0.1) is 5.92 Å². The van der Waals surface area contributed by atoms with Gasteiger partial charge in [-0.25, -0.2) is 0 Å². The minimum atomic E-state index is -0.602. The fourth-order valence-electron chi connectivity index (χ4n) is 1.35. The van der Waals surface area contributed by atoms with Gasteiger partial charge in [0.2, 0.25) is 0 Å². The zero-order chi connectivity index (χ0) is 6.69. The predicted molar refractivity (Wildman–Crippen MR) is 41.4 cm³/mol. The monoisotopic (exact) mass is 136 g/mol. The summed E-state index contributed by atoms with van der Waals surface area (Å²) in [5.74, 6) is -0.631. The van der Waals surface area contributed by atoms with Gasteiger partial charge in [0.25, 0.3) is 0 Å². The van der Waals surface area contributed by atoms with Gasteiger partial charge < -0.3 is 5.11 Å². The first-order valence-corrected chi connectivity index (χ1v) is 3.53. The first kappa shape index (κ1) is 10.1. The van der Waals surface area contributed by atoms with E-state index in [4.69, 9.17) is 5.11 Å². The molecule has 3 heteroatoms. The third-order valence-corrected chi connectivity index (χ3v) is 1.95. The summed E-state index contributed by atoms with van der Waals surface area (Å²) in [5.41, 5.74) is 0. The maximum atomic E-state index is 10.4. The molecule has 1 aliphatic carbocycles. The van der Waals surface area contributed by atoms with Crippen molar-refractivity contribution in [3.05, 3.63) is 0 Å². The van der Waals surface area contributed by atoms with Crippen LogP contribution in [0.5, 0.6) is 0 Å². The number of carbonyl (C=O) groups is 1. The van der Waals surface area contributed by atoms with Gasteiger partial charge in [0.05, 0.1) is 5.92 Å². The van der Waals surface area contributed by atoms with Crippen LogP contribution in [0.4, 0.5) is 0 Å². The second-order valence-corrected chi connectivity index (χ2v) is 2.67. The molecular formula is C7H13LiO2. The zero-order valence-corrected chi connectivity index (χ0v) is 5.47. The van der Waals surface area contributed by atoms with Crippen LogP contribution in [0.25, 0.3) is 0 Å². The van der Waals surface area contributed by atoms with Crippen LogP contribution in [0.15, 0.2) is 0 Å². The van der Waals surface area contributed by atoms with E-state index in [0.29, 0.717) is 0 Å². The Morgan fingerprint density at radius 1 is 1.20 bits per heavy atom. The molecule has 1 fully saturated rings. The van der Waals surface area contributed by atoms with Gasteiger partial charge in [-0.15, -0.1) is 0 Å². The van der Waals surface area contributed by atoms with Crippen molar-refractivity contribution in [2.45, 2.75) is 32.1 Å². The third kappa shape index (κ3) is 2.77. The van der Waals surface area contributed by atoms with Gasteiger partial charge in [-0.05, 0) is 12.8 Å². The SMILES string of the molecule is O=C(O)C1CCCCC1.[LiH]. The average Bonchev–Trinajstić information content (AvgIpc) is 1.90. The molecule has 0 aromatic carbocycles. The quantitative estimate of drug-likeness (QED) is 0.546. The summed E-state index contributed by atoms with van der Waals surface area (Å²) < 4.78 is 0. The Balaban J connectivity index is 0.000000810. The van der Waals surface area contributed by atoms with Crippen molar-refractivity contribution in [3.63, 3.8) is 0 Å². The number of rotatable bonds is 1. The summed E-state index contributed by atoms with van der Waals surface area (Å²) in [6.07, 6.45) is 5.24. The van der Waals surface area contributed by atoms with E-state index in [-0.39, 0.29) is 24.8 Å².